The average molecular weight is 349 g/mol. The molecule has 0 amide bonds. The van der Waals surface area contributed by atoms with Crippen LogP contribution in [0.5, 0.6) is 0 Å². The number of nitrogens with two attached hydrogens (primary N) is 1. The second-order valence-electron chi connectivity index (χ2n) is 3.57. The number of nitrogens with one attached hydrogen (secondary N) is 1. The minimum atomic E-state index is -0.178. The van der Waals surface area contributed by atoms with Crippen molar-refractivity contribution in [1.82, 2.24) is 14.8 Å². The van der Waals surface area contributed by atoms with Gasteiger partial charge < -0.3 is 5.73 Å². The first-order chi connectivity index (χ1) is 8.65. The maximum absolute atomic E-state index is 11.5. The lowest BCUT2D eigenvalue weighted by Crippen LogP contribution is -2.17. The number of rotatable bonds is 5. The van der Waals surface area contributed by atoms with E-state index >= 15 is 0 Å². The van der Waals surface area contributed by atoms with E-state index in [1.54, 1.807) is 15.9 Å². The Labute approximate surface area is 121 Å². The molecule has 0 aliphatic rings. The van der Waals surface area contributed by atoms with Crippen LogP contribution in [0.3, 0.4) is 0 Å². The standard InChI is InChI=1S/C10H13BrN4OS2/c1-2-15-9(16)13-14-10(15)18-8(4-12)7-3-6(11)5-17-7/h3,5,8H,2,4,12H2,1H3,(H,13,16). The predicted octanol–water partition coefficient (Wildman–Crippen LogP) is 2.21. The third kappa shape index (κ3) is 2.87. The molecule has 0 spiro atoms. The number of hydrogen-bond acceptors (Lipinski definition) is 5. The van der Waals surface area contributed by atoms with Crippen molar-refractivity contribution < 1.29 is 0 Å². The zero-order valence-corrected chi connectivity index (χ0v) is 12.9. The van der Waals surface area contributed by atoms with Gasteiger partial charge in [-0.05, 0) is 28.9 Å². The summed E-state index contributed by atoms with van der Waals surface area (Å²) in [5, 5.41) is 9.32. The van der Waals surface area contributed by atoms with Gasteiger partial charge in [-0.1, -0.05) is 11.8 Å². The second-order valence-corrected chi connectivity index (χ2v) is 6.59. The zero-order valence-electron chi connectivity index (χ0n) is 9.72. The van der Waals surface area contributed by atoms with Crippen LogP contribution in [0.1, 0.15) is 17.1 Å². The van der Waals surface area contributed by atoms with Crippen molar-refractivity contribution in [1.29, 1.82) is 0 Å². The SMILES string of the molecule is CCn1c(SC(CN)c2cc(Br)cs2)n[nH]c1=O. The first-order valence-electron chi connectivity index (χ1n) is 5.41. The highest BCUT2D eigenvalue weighted by Crippen LogP contribution is 2.37. The molecule has 0 aliphatic heterocycles. The molecule has 0 saturated carbocycles. The van der Waals surface area contributed by atoms with Crippen molar-refractivity contribution >= 4 is 39.0 Å². The summed E-state index contributed by atoms with van der Waals surface area (Å²) in [6.45, 7) is 3.02. The number of H-pyrrole nitrogens is 1. The molecule has 98 valence electrons. The molecule has 0 aliphatic carbocycles. The number of thioether (sulfide) groups is 1. The lowest BCUT2D eigenvalue weighted by molar-refractivity contribution is 0.658. The van der Waals surface area contributed by atoms with Gasteiger partial charge in [0, 0.05) is 27.8 Å². The Morgan fingerprint density at radius 2 is 2.50 bits per heavy atom. The lowest BCUT2D eigenvalue weighted by Gasteiger charge is -2.11. The molecule has 5 nitrogen and oxygen atoms in total. The summed E-state index contributed by atoms with van der Waals surface area (Å²) in [6.07, 6.45) is 0. The fraction of sp³-hybridized carbons (Fsp3) is 0.400. The highest BCUT2D eigenvalue weighted by atomic mass is 79.9. The molecule has 2 aromatic heterocycles. The maximum atomic E-state index is 11.5. The van der Waals surface area contributed by atoms with E-state index in [4.69, 9.17) is 5.73 Å². The Kier molecular flexibility index (Phi) is 4.66. The van der Waals surface area contributed by atoms with Gasteiger partial charge in [-0.2, -0.15) is 0 Å². The number of halogens is 1. The Balaban J connectivity index is 2.23. The van der Waals surface area contributed by atoms with Crippen molar-refractivity contribution in [2.24, 2.45) is 5.73 Å². The van der Waals surface area contributed by atoms with Gasteiger partial charge in [0.15, 0.2) is 5.16 Å². The van der Waals surface area contributed by atoms with Crippen LogP contribution in [0.25, 0.3) is 0 Å². The van der Waals surface area contributed by atoms with Crippen LogP contribution < -0.4 is 11.4 Å². The minimum absolute atomic E-state index is 0.113. The first kappa shape index (κ1) is 13.9. The van der Waals surface area contributed by atoms with E-state index in [0.29, 0.717) is 18.2 Å². The second kappa shape index (κ2) is 6.05. The molecule has 2 aromatic rings. The Hall–Kier alpha value is -0.570. The van der Waals surface area contributed by atoms with E-state index in [-0.39, 0.29) is 10.9 Å². The molecule has 1 unspecified atom stereocenters. The smallest absolute Gasteiger partial charge is 0.329 e. The summed E-state index contributed by atoms with van der Waals surface area (Å²) in [7, 11) is 0. The van der Waals surface area contributed by atoms with E-state index in [2.05, 4.69) is 32.2 Å². The highest BCUT2D eigenvalue weighted by molar-refractivity contribution is 9.10. The highest BCUT2D eigenvalue weighted by Gasteiger charge is 2.17. The third-order valence-corrected chi connectivity index (χ3v) is 5.62. The van der Waals surface area contributed by atoms with Crippen LogP contribution >= 0.6 is 39.0 Å². The number of aromatic nitrogens is 3. The summed E-state index contributed by atoms with van der Waals surface area (Å²) in [5.74, 6) is 0. The molecule has 8 heteroatoms. The first-order valence-corrected chi connectivity index (χ1v) is 7.96. The van der Waals surface area contributed by atoms with Crippen molar-refractivity contribution in [3.8, 4) is 0 Å². The molecule has 0 aromatic carbocycles. The van der Waals surface area contributed by atoms with Gasteiger partial charge in [-0.3, -0.25) is 4.57 Å². The Morgan fingerprint density at radius 3 is 3.06 bits per heavy atom. The molecule has 3 N–H and O–H groups in total. The molecule has 0 saturated heterocycles. The molecule has 18 heavy (non-hydrogen) atoms. The fourth-order valence-electron chi connectivity index (χ4n) is 1.52. The van der Waals surface area contributed by atoms with Gasteiger partial charge in [-0.15, -0.1) is 16.4 Å². The van der Waals surface area contributed by atoms with Crippen LogP contribution in [0, 0.1) is 0 Å². The lowest BCUT2D eigenvalue weighted by atomic mass is 10.3. The quantitative estimate of drug-likeness (QED) is 0.812. The summed E-state index contributed by atoms with van der Waals surface area (Å²) in [4.78, 5) is 12.7. The maximum Gasteiger partial charge on any atom is 0.343 e. The zero-order chi connectivity index (χ0) is 13.1. The summed E-state index contributed by atoms with van der Waals surface area (Å²) in [5.41, 5.74) is 5.63. The number of aromatic amines is 1. The molecular formula is C10H13BrN4OS2. The molecule has 2 rings (SSSR count). The number of thiophene rings is 1. The summed E-state index contributed by atoms with van der Waals surface area (Å²) >= 11 is 6.59. The van der Waals surface area contributed by atoms with Gasteiger partial charge in [0.1, 0.15) is 0 Å². The van der Waals surface area contributed by atoms with Gasteiger partial charge in [0.25, 0.3) is 0 Å². The molecule has 2 heterocycles. The minimum Gasteiger partial charge on any atom is -0.329 e. The number of nitrogens with zero attached hydrogens (tertiary/aromatic N) is 2. The monoisotopic (exact) mass is 348 g/mol. The molecule has 1 atom stereocenters. The molecule has 0 bridgehead atoms. The van der Waals surface area contributed by atoms with Gasteiger partial charge >= 0.3 is 5.69 Å². The van der Waals surface area contributed by atoms with Gasteiger partial charge in [-0.25, -0.2) is 9.89 Å². The normalized spacial score (nSPS) is 12.8. The van der Waals surface area contributed by atoms with Gasteiger partial charge in [0.2, 0.25) is 0 Å². The van der Waals surface area contributed by atoms with Crippen molar-refractivity contribution in [2.75, 3.05) is 6.54 Å². The molecule has 0 radical (unpaired) electrons. The topological polar surface area (TPSA) is 76.7 Å². The van der Waals surface area contributed by atoms with Crippen molar-refractivity contribution in [3.63, 3.8) is 0 Å². The number of hydrogen-bond donors (Lipinski definition) is 2. The van der Waals surface area contributed by atoms with E-state index in [1.807, 2.05) is 12.3 Å². The Morgan fingerprint density at radius 1 is 1.72 bits per heavy atom. The van der Waals surface area contributed by atoms with E-state index in [9.17, 15) is 4.79 Å². The van der Waals surface area contributed by atoms with Crippen molar-refractivity contribution in [3.05, 3.63) is 31.3 Å². The van der Waals surface area contributed by atoms with Crippen LogP contribution in [0.2, 0.25) is 0 Å². The van der Waals surface area contributed by atoms with Crippen LogP contribution in [-0.2, 0) is 6.54 Å². The van der Waals surface area contributed by atoms with E-state index < -0.39 is 0 Å². The van der Waals surface area contributed by atoms with E-state index in [0.717, 1.165) is 4.47 Å². The predicted molar refractivity (Wildman–Crippen MR) is 78.2 cm³/mol. The largest absolute Gasteiger partial charge is 0.343 e. The van der Waals surface area contributed by atoms with Crippen molar-refractivity contribution in [2.45, 2.75) is 23.9 Å². The fourth-order valence-corrected chi connectivity index (χ4v) is 4.24. The molecular weight excluding hydrogens is 336 g/mol. The third-order valence-electron chi connectivity index (χ3n) is 2.41. The van der Waals surface area contributed by atoms with Crippen LogP contribution in [0.15, 0.2) is 25.9 Å². The van der Waals surface area contributed by atoms with Gasteiger partial charge in [0.05, 0.1) is 5.25 Å². The summed E-state index contributed by atoms with van der Waals surface area (Å²) in [6, 6.07) is 2.05. The van der Waals surface area contributed by atoms with E-state index in [1.165, 1.54) is 16.6 Å². The van der Waals surface area contributed by atoms with Crippen LogP contribution in [0.4, 0.5) is 0 Å². The Bertz CT molecular complexity index is 576. The molecule has 0 fully saturated rings. The average Bonchev–Trinajstić information content (AvgIpc) is 2.92. The summed E-state index contributed by atoms with van der Waals surface area (Å²) < 4.78 is 2.66. The van der Waals surface area contributed by atoms with Crippen LogP contribution in [-0.4, -0.2) is 21.3 Å².